The molecule has 0 unspecified atom stereocenters. The molecule has 0 aliphatic carbocycles. The molecule has 0 saturated carbocycles. The first-order valence-electron chi connectivity index (χ1n) is 5.88. The maximum Gasteiger partial charge on any atom is 0.488 e. The van der Waals surface area contributed by atoms with Crippen LogP contribution >= 0.6 is 0 Å². The van der Waals surface area contributed by atoms with Gasteiger partial charge in [0.1, 0.15) is 12.4 Å². The van der Waals surface area contributed by atoms with Crippen molar-refractivity contribution in [1.29, 1.82) is 0 Å². The SMILES string of the molecule is OB(O)c1ccc(OCC#Cc2ccccc2)cc1. The van der Waals surface area contributed by atoms with Crippen LogP contribution in [0.5, 0.6) is 5.75 Å². The van der Waals surface area contributed by atoms with E-state index >= 15 is 0 Å². The van der Waals surface area contributed by atoms with E-state index in [9.17, 15) is 0 Å². The van der Waals surface area contributed by atoms with Gasteiger partial charge in [0.05, 0.1) is 0 Å². The summed E-state index contributed by atoms with van der Waals surface area (Å²) in [7, 11) is -1.45. The lowest BCUT2D eigenvalue weighted by Gasteiger charge is -2.03. The van der Waals surface area contributed by atoms with E-state index in [-0.39, 0.29) is 6.61 Å². The van der Waals surface area contributed by atoms with Crippen molar-refractivity contribution in [3.63, 3.8) is 0 Å². The van der Waals surface area contributed by atoms with Crippen LogP contribution in [0.1, 0.15) is 5.56 Å². The third-order valence-corrected chi connectivity index (χ3v) is 2.50. The highest BCUT2D eigenvalue weighted by Crippen LogP contribution is 2.07. The Morgan fingerprint density at radius 1 is 0.947 bits per heavy atom. The lowest BCUT2D eigenvalue weighted by molar-refractivity contribution is 0.370. The molecule has 0 atom stereocenters. The lowest BCUT2D eigenvalue weighted by atomic mass is 9.80. The summed E-state index contributed by atoms with van der Waals surface area (Å²) in [5.41, 5.74) is 1.38. The Bertz CT molecular complexity index is 568. The molecule has 94 valence electrons. The van der Waals surface area contributed by atoms with Crippen LogP contribution in [0.15, 0.2) is 54.6 Å². The molecule has 19 heavy (non-hydrogen) atoms. The molecule has 2 N–H and O–H groups in total. The zero-order valence-electron chi connectivity index (χ0n) is 10.3. The fourth-order valence-corrected chi connectivity index (χ4v) is 1.52. The maximum atomic E-state index is 8.95. The van der Waals surface area contributed by atoms with Crippen molar-refractivity contribution in [2.75, 3.05) is 6.61 Å². The Morgan fingerprint density at radius 2 is 1.63 bits per heavy atom. The van der Waals surface area contributed by atoms with Gasteiger partial charge in [0, 0.05) is 5.56 Å². The number of hydrogen-bond acceptors (Lipinski definition) is 3. The first-order chi connectivity index (χ1) is 9.25. The molecule has 0 saturated heterocycles. The highest BCUT2D eigenvalue weighted by molar-refractivity contribution is 6.58. The molecule has 3 nitrogen and oxygen atoms in total. The van der Waals surface area contributed by atoms with E-state index in [1.165, 1.54) is 0 Å². The van der Waals surface area contributed by atoms with Gasteiger partial charge in [-0.15, -0.1) is 0 Å². The first kappa shape index (κ1) is 13.2. The second-order valence-corrected chi connectivity index (χ2v) is 3.90. The minimum atomic E-state index is -1.45. The highest BCUT2D eigenvalue weighted by atomic mass is 16.5. The van der Waals surface area contributed by atoms with Gasteiger partial charge in [-0.05, 0) is 29.7 Å². The minimum absolute atomic E-state index is 0.288. The van der Waals surface area contributed by atoms with Crippen LogP contribution in [0, 0.1) is 11.8 Å². The molecule has 4 heteroatoms. The van der Waals surface area contributed by atoms with E-state index in [1.54, 1.807) is 24.3 Å². The van der Waals surface area contributed by atoms with Gasteiger partial charge in [-0.25, -0.2) is 0 Å². The summed E-state index contributed by atoms with van der Waals surface area (Å²) in [6, 6.07) is 16.2. The molecule has 2 rings (SSSR count). The monoisotopic (exact) mass is 252 g/mol. The summed E-state index contributed by atoms with van der Waals surface area (Å²) in [6.45, 7) is 0.288. The third kappa shape index (κ3) is 4.18. The first-order valence-corrected chi connectivity index (χ1v) is 5.88. The van der Waals surface area contributed by atoms with Crippen LogP contribution in [-0.2, 0) is 0 Å². The molecule has 0 aliphatic rings. The van der Waals surface area contributed by atoms with Crippen LogP contribution in [0.25, 0.3) is 0 Å². The Hall–Kier alpha value is -2.22. The molecule has 0 spiro atoms. The van der Waals surface area contributed by atoms with Gasteiger partial charge in [-0.3, -0.25) is 0 Å². The van der Waals surface area contributed by atoms with Gasteiger partial charge >= 0.3 is 7.12 Å². The van der Waals surface area contributed by atoms with Crippen molar-refractivity contribution in [3.05, 3.63) is 60.2 Å². The van der Waals surface area contributed by atoms with Gasteiger partial charge in [-0.2, -0.15) is 0 Å². The van der Waals surface area contributed by atoms with Crippen LogP contribution in [-0.4, -0.2) is 23.8 Å². The van der Waals surface area contributed by atoms with Gasteiger partial charge in [0.15, 0.2) is 0 Å². The Balaban J connectivity index is 1.88. The molecule has 2 aromatic rings. The van der Waals surface area contributed by atoms with Crippen LogP contribution in [0.2, 0.25) is 0 Å². The minimum Gasteiger partial charge on any atom is -0.481 e. The fourth-order valence-electron chi connectivity index (χ4n) is 1.52. The molecule has 0 fully saturated rings. The summed E-state index contributed by atoms with van der Waals surface area (Å²) in [6.07, 6.45) is 0. The van der Waals surface area contributed by atoms with Gasteiger partial charge in [0.2, 0.25) is 0 Å². The number of rotatable bonds is 3. The fraction of sp³-hybridized carbons (Fsp3) is 0.0667. The standard InChI is InChI=1S/C15H13BO3/c17-16(18)14-8-10-15(11-9-14)19-12-4-7-13-5-2-1-3-6-13/h1-3,5-6,8-11,17-18H,12H2. The molecule has 0 heterocycles. The molecule has 0 bridgehead atoms. The van der Waals surface area contributed by atoms with Gasteiger partial charge in [0.25, 0.3) is 0 Å². The zero-order valence-corrected chi connectivity index (χ0v) is 10.3. The normalized spacial score (nSPS) is 9.37. The predicted molar refractivity (Wildman–Crippen MR) is 75.1 cm³/mol. The summed E-state index contributed by atoms with van der Waals surface area (Å²) in [4.78, 5) is 0. The highest BCUT2D eigenvalue weighted by Gasteiger charge is 2.09. The smallest absolute Gasteiger partial charge is 0.481 e. The topological polar surface area (TPSA) is 49.7 Å². The van der Waals surface area contributed by atoms with E-state index in [4.69, 9.17) is 14.8 Å². The molecule has 0 amide bonds. The Morgan fingerprint density at radius 3 is 2.26 bits per heavy atom. The quantitative estimate of drug-likeness (QED) is 0.627. The van der Waals surface area contributed by atoms with E-state index in [1.807, 2.05) is 30.3 Å². The summed E-state index contributed by atoms with van der Waals surface area (Å²) in [5, 5.41) is 17.9. The summed E-state index contributed by atoms with van der Waals surface area (Å²) in [5.74, 6) is 6.55. The molecular formula is C15H13BO3. The van der Waals surface area contributed by atoms with Crippen LogP contribution in [0.4, 0.5) is 0 Å². The number of benzene rings is 2. The van der Waals surface area contributed by atoms with E-state index in [0.717, 1.165) is 5.56 Å². The Labute approximate surface area is 112 Å². The van der Waals surface area contributed by atoms with Gasteiger partial charge in [-0.1, -0.05) is 42.2 Å². The average Bonchev–Trinajstić information content (AvgIpc) is 2.45. The second kappa shape index (κ2) is 6.65. The summed E-state index contributed by atoms with van der Waals surface area (Å²) >= 11 is 0. The van der Waals surface area contributed by atoms with Crippen molar-refractivity contribution in [3.8, 4) is 17.6 Å². The molecule has 0 aliphatic heterocycles. The van der Waals surface area contributed by atoms with Crippen molar-refractivity contribution < 1.29 is 14.8 Å². The van der Waals surface area contributed by atoms with E-state index < -0.39 is 7.12 Å². The van der Waals surface area contributed by atoms with Crippen LogP contribution in [0.3, 0.4) is 0 Å². The summed E-state index contributed by atoms with van der Waals surface area (Å²) < 4.78 is 5.43. The van der Waals surface area contributed by atoms with E-state index in [0.29, 0.717) is 11.2 Å². The number of hydrogen-bond donors (Lipinski definition) is 2. The second-order valence-electron chi connectivity index (χ2n) is 3.90. The zero-order chi connectivity index (χ0) is 13.5. The number of ether oxygens (including phenoxy) is 1. The van der Waals surface area contributed by atoms with Crippen LogP contribution < -0.4 is 10.2 Å². The predicted octanol–water partition coefficient (Wildman–Crippen LogP) is 0.797. The van der Waals surface area contributed by atoms with Crippen molar-refractivity contribution in [2.45, 2.75) is 0 Å². The lowest BCUT2D eigenvalue weighted by Crippen LogP contribution is -2.29. The average molecular weight is 252 g/mol. The molecule has 0 radical (unpaired) electrons. The molecule has 2 aromatic carbocycles. The van der Waals surface area contributed by atoms with Crippen molar-refractivity contribution in [2.24, 2.45) is 0 Å². The Kier molecular flexibility index (Phi) is 4.63. The van der Waals surface area contributed by atoms with Crippen molar-refractivity contribution >= 4 is 12.6 Å². The van der Waals surface area contributed by atoms with Gasteiger partial charge < -0.3 is 14.8 Å². The van der Waals surface area contributed by atoms with E-state index in [2.05, 4.69) is 11.8 Å². The molecular weight excluding hydrogens is 239 g/mol. The third-order valence-electron chi connectivity index (χ3n) is 2.50. The molecule has 0 aromatic heterocycles. The maximum absolute atomic E-state index is 8.95. The largest absolute Gasteiger partial charge is 0.488 e. The van der Waals surface area contributed by atoms with Crippen molar-refractivity contribution in [1.82, 2.24) is 0 Å².